The van der Waals surface area contributed by atoms with Gasteiger partial charge in [-0.1, -0.05) is 13.3 Å². The van der Waals surface area contributed by atoms with Crippen LogP contribution in [0.2, 0.25) is 0 Å². The van der Waals surface area contributed by atoms with E-state index >= 15 is 0 Å². The second-order valence-corrected chi connectivity index (χ2v) is 4.49. The Kier molecular flexibility index (Phi) is 4.80. The Bertz CT molecular complexity index is 117. The summed E-state index contributed by atoms with van der Waals surface area (Å²) in [5, 5.41) is 9.54. The highest BCUT2D eigenvalue weighted by molar-refractivity contribution is 4.74. The van der Waals surface area contributed by atoms with Crippen molar-refractivity contribution in [2.45, 2.75) is 52.2 Å². The van der Waals surface area contributed by atoms with Gasteiger partial charge in [-0.25, -0.2) is 0 Å². The average molecular weight is 173 g/mol. The van der Waals surface area contributed by atoms with Crippen molar-refractivity contribution in [1.82, 2.24) is 4.90 Å². The Hall–Kier alpha value is -0.0800. The number of hydrogen-bond donors (Lipinski definition) is 1. The van der Waals surface area contributed by atoms with Gasteiger partial charge in [0, 0.05) is 12.1 Å². The van der Waals surface area contributed by atoms with Crippen LogP contribution >= 0.6 is 0 Å². The summed E-state index contributed by atoms with van der Waals surface area (Å²) < 4.78 is 0. The molecule has 0 saturated carbocycles. The van der Waals surface area contributed by atoms with Crippen molar-refractivity contribution in [2.24, 2.45) is 0 Å². The standard InChI is InChI=1S/C10H23NO/c1-6-7-9(12)8-11(5)10(2,3)4/h9,12H,6-8H2,1-5H3. The summed E-state index contributed by atoms with van der Waals surface area (Å²) in [6.45, 7) is 9.35. The second-order valence-electron chi connectivity index (χ2n) is 4.49. The van der Waals surface area contributed by atoms with Crippen LogP contribution in [0.1, 0.15) is 40.5 Å². The third kappa shape index (κ3) is 4.73. The molecule has 0 aromatic rings. The summed E-state index contributed by atoms with van der Waals surface area (Å²) in [7, 11) is 2.05. The van der Waals surface area contributed by atoms with E-state index in [0.717, 1.165) is 19.4 Å². The van der Waals surface area contributed by atoms with Gasteiger partial charge in [-0.15, -0.1) is 0 Å². The van der Waals surface area contributed by atoms with Crippen LogP contribution in [0.4, 0.5) is 0 Å². The van der Waals surface area contributed by atoms with Gasteiger partial charge in [0.25, 0.3) is 0 Å². The first kappa shape index (κ1) is 11.9. The lowest BCUT2D eigenvalue weighted by atomic mass is 10.1. The lowest BCUT2D eigenvalue weighted by molar-refractivity contribution is 0.0735. The highest BCUT2D eigenvalue weighted by Gasteiger charge is 2.18. The number of aliphatic hydroxyl groups is 1. The van der Waals surface area contributed by atoms with Crippen molar-refractivity contribution in [3.05, 3.63) is 0 Å². The van der Waals surface area contributed by atoms with Crippen LogP contribution < -0.4 is 0 Å². The van der Waals surface area contributed by atoms with Gasteiger partial charge in [-0.05, 0) is 34.2 Å². The SMILES string of the molecule is CCCC(O)CN(C)C(C)(C)C. The third-order valence-electron chi connectivity index (χ3n) is 2.25. The quantitative estimate of drug-likeness (QED) is 0.701. The van der Waals surface area contributed by atoms with Gasteiger partial charge in [0.1, 0.15) is 0 Å². The first-order chi connectivity index (χ1) is 5.38. The van der Waals surface area contributed by atoms with Gasteiger partial charge in [0.2, 0.25) is 0 Å². The summed E-state index contributed by atoms with van der Waals surface area (Å²) in [6.07, 6.45) is 1.79. The molecule has 2 nitrogen and oxygen atoms in total. The molecule has 0 radical (unpaired) electrons. The van der Waals surface area contributed by atoms with Crippen LogP contribution in [0, 0.1) is 0 Å². The van der Waals surface area contributed by atoms with E-state index < -0.39 is 0 Å². The van der Waals surface area contributed by atoms with Crippen molar-refractivity contribution in [3.8, 4) is 0 Å². The van der Waals surface area contributed by atoms with E-state index in [9.17, 15) is 5.11 Å². The Morgan fingerprint density at radius 1 is 1.33 bits per heavy atom. The van der Waals surface area contributed by atoms with Crippen molar-refractivity contribution in [1.29, 1.82) is 0 Å². The topological polar surface area (TPSA) is 23.5 Å². The summed E-state index contributed by atoms with van der Waals surface area (Å²) in [4.78, 5) is 2.19. The normalized spacial score (nSPS) is 15.2. The molecule has 12 heavy (non-hydrogen) atoms. The summed E-state index contributed by atoms with van der Waals surface area (Å²) in [5.74, 6) is 0. The Labute approximate surface area is 76.6 Å². The molecule has 1 N–H and O–H groups in total. The van der Waals surface area contributed by atoms with Gasteiger partial charge in [-0.2, -0.15) is 0 Å². The van der Waals surface area contributed by atoms with Crippen molar-refractivity contribution in [2.75, 3.05) is 13.6 Å². The van der Waals surface area contributed by atoms with Crippen molar-refractivity contribution in [3.63, 3.8) is 0 Å². The zero-order valence-corrected chi connectivity index (χ0v) is 9.09. The maximum Gasteiger partial charge on any atom is 0.0667 e. The molecule has 0 fully saturated rings. The highest BCUT2D eigenvalue weighted by atomic mass is 16.3. The molecule has 74 valence electrons. The zero-order valence-electron chi connectivity index (χ0n) is 9.09. The van der Waals surface area contributed by atoms with E-state index in [1.807, 2.05) is 0 Å². The van der Waals surface area contributed by atoms with E-state index in [1.165, 1.54) is 0 Å². The molecule has 0 aromatic heterocycles. The molecule has 0 bridgehead atoms. The van der Waals surface area contributed by atoms with E-state index in [0.29, 0.717) is 0 Å². The molecule has 0 heterocycles. The second kappa shape index (κ2) is 4.83. The molecule has 0 aliphatic carbocycles. The lowest BCUT2D eigenvalue weighted by Gasteiger charge is -2.33. The monoisotopic (exact) mass is 173 g/mol. The number of β-amino-alcohol motifs (C(OH)–C–C–N with tert-alkyl or cyclic N) is 1. The molecule has 0 rings (SSSR count). The minimum absolute atomic E-state index is 0.161. The smallest absolute Gasteiger partial charge is 0.0667 e. The van der Waals surface area contributed by atoms with E-state index in [-0.39, 0.29) is 11.6 Å². The Balaban J connectivity index is 3.76. The van der Waals surface area contributed by atoms with Crippen LogP contribution in [0.3, 0.4) is 0 Å². The molecule has 0 saturated heterocycles. The highest BCUT2D eigenvalue weighted by Crippen LogP contribution is 2.11. The minimum atomic E-state index is -0.167. The zero-order chi connectivity index (χ0) is 9.78. The van der Waals surface area contributed by atoms with Gasteiger partial charge >= 0.3 is 0 Å². The predicted molar refractivity (Wildman–Crippen MR) is 53.3 cm³/mol. The fourth-order valence-corrected chi connectivity index (χ4v) is 1.01. The lowest BCUT2D eigenvalue weighted by Crippen LogP contribution is -2.42. The van der Waals surface area contributed by atoms with E-state index in [1.54, 1.807) is 0 Å². The fourth-order valence-electron chi connectivity index (χ4n) is 1.01. The van der Waals surface area contributed by atoms with E-state index in [4.69, 9.17) is 0 Å². The molecule has 0 aliphatic heterocycles. The van der Waals surface area contributed by atoms with Crippen LogP contribution in [0.25, 0.3) is 0 Å². The molecule has 1 unspecified atom stereocenters. The van der Waals surface area contributed by atoms with Gasteiger partial charge in [0.05, 0.1) is 6.10 Å². The molecule has 0 aromatic carbocycles. The van der Waals surface area contributed by atoms with Crippen LogP contribution in [0.15, 0.2) is 0 Å². The number of likely N-dealkylation sites (N-methyl/N-ethyl adjacent to an activating group) is 1. The first-order valence-electron chi connectivity index (χ1n) is 4.77. The molecular weight excluding hydrogens is 150 g/mol. The van der Waals surface area contributed by atoms with Crippen LogP contribution in [-0.2, 0) is 0 Å². The van der Waals surface area contributed by atoms with Crippen molar-refractivity contribution >= 4 is 0 Å². The molecule has 2 heteroatoms. The average Bonchev–Trinajstić information content (AvgIpc) is 1.85. The molecule has 0 spiro atoms. The van der Waals surface area contributed by atoms with Gasteiger partial charge < -0.3 is 5.11 Å². The first-order valence-corrected chi connectivity index (χ1v) is 4.77. The summed E-state index contributed by atoms with van der Waals surface area (Å²) in [6, 6.07) is 0. The number of hydrogen-bond acceptors (Lipinski definition) is 2. The van der Waals surface area contributed by atoms with Crippen LogP contribution in [-0.4, -0.2) is 35.2 Å². The molecule has 0 aliphatic rings. The Morgan fingerprint density at radius 2 is 1.83 bits per heavy atom. The van der Waals surface area contributed by atoms with Crippen LogP contribution in [0.5, 0.6) is 0 Å². The number of rotatable bonds is 4. The number of aliphatic hydroxyl groups excluding tert-OH is 1. The largest absolute Gasteiger partial charge is 0.392 e. The molecule has 1 atom stereocenters. The third-order valence-corrected chi connectivity index (χ3v) is 2.25. The summed E-state index contributed by atoms with van der Waals surface area (Å²) >= 11 is 0. The maximum atomic E-state index is 9.54. The Morgan fingerprint density at radius 3 is 2.17 bits per heavy atom. The van der Waals surface area contributed by atoms with Crippen molar-refractivity contribution < 1.29 is 5.11 Å². The molecule has 0 amide bonds. The maximum absolute atomic E-state index is 9.54. The fraction of sp³-hybridized carbons (Fsp3) is 1.00. The van der Waals surface area contributed by atoms with Gasteiger partial charge in [0.15, 0.2) is 0 Å². The molecular formula is C10H23NO. The van der Waals surface area contributed by atoms with Gasteiger partial charge in [-0.3, -0.25) is 4.90 Å². The summed E-state index contributed by atoms with van der Waals surface area (Å²) in [5.41, 5.74) is 0.161. The predicted octanol–water partition coefficient (Wildman–Crippen LogP) is 1.88. The van der Waals surface area contributed by atoms with E-state index in [2.05, 4.69) is 39.6 Å². The minimum Gasteiger partial charge on any atom is -0.392 e. The number of nitrogens with zero attached hydrogens (tertiary/aromatic N) is 1.